The van der Waals surface area contributed by atoms with Crippen molar-refractivity contribution in [3.05, 3.63) is 36.2 Å². The highest BCUT2D eigenvalue weighted by Crippen LogP contribution is 2.04. The second kappa shape index (κ2) is 4.65. The van der Waals surface area contributed by atoms with Crippen molar-refractivity contribution in [2.24, 2.45) is 0 Å². The largest absolute Gasteiger partial charge is 0.350 e. The summed E-state index contributed by atoms with van der Waals surface area (Å²) in [4.78, 5) is 11.3. The van der Waals surface area contributed by atoms with Crippen LogP contribution < -0.4 is 0 Å². The van der Waals surface area contributed by atoms with Crippen LogP contribution in [0.4, 0.5) is 0 Å². The van der Waals surface area contributed by atoms with Crippen molar-refractivity contribution in [3.63, 3.8) is 0 Å². The topological polar surface area (TPSA) is 22.0 Å². The van der Waals surface area contributed by atoms with E-state index in [0.717, 1.165) is 12.1 Å². The predicted octanol–water partition coefficient (Wildman–Crippen LogP) is 2.66. The Morgan fingerprint density at radius 1 is 1.62 bits per heavy atom. The van der Waals surface area contributed by atoms with Crippen LogP contribution in [0.1, 0.15) is 30.6 Å². The quantitative estimate of drug-likeness (QED) is 0.512. The van der Waals surface area contributed by atoms with Crippen molar-refractivity contribution in [2.45, 2.75) is 26.8 Å². The summed E-state index contributed by atoms with van der Waals surface area (Å²) in [6.07, 6.45) is 8.46. The fourth-order valence-corrected chi connectivity index (χ4v) is 1.15. The number of allylic oxidation sites excluding steroid dienone is 2. The highest BCUT2D eigenvalue weighted by atomic mass is 16.1. The zero-order valence-electron chi connectivity index (χ0n) is 8.16. The first kappa shape index (κ1) is 9.78. The minimum absolute atomic E-state index is 0.208. The molecule has 0 atom stereocenters. The molecule has 0 unspecified atom stereocenters. The molecule has 0 N–H and O–H groups in total. The van der Waals surface area contributed by atoms with Gasteiger partial charge in [-0.25, -0.2) is 0 Å². The number of carbonyl (C=O) groups is 1. The fourth-order valence-electron chi connectivity index (χ4n) is 1.15. The Bertz CT molecular complexity index is 310. The van der Waals surface area contributed by atoms with Crippen molar-refractivity contribution < 1.29 is 4.79 Å². The monoisotopic (exact) mass is 177 g/mol. The second-order valence-corrected chi connectivity index (χ2v) is 2.94. The Morgan fingerprint density at radius 2 is 2.38 bits per heavy atom. The van der Waals surface area contributed by atoms with E-state index in [1.165, 1.54) is 0 Å². The predicted molar refractivity (Wildman–Crippen MR) is 53.9 cm³/mol. The smallest absolute Gasteiger partial charge is 0.164 e. The lowest BCUT2D eigenvalue weighted by molar-refractivity contribution is 0.0988. The summed E-state index contributed by atoms with van der Waals surface area (Å²) in [5, 5.41) is 0. The van der Waals surface area contributed by atoms with E-state index in [4.69, 9.17) is 0 Å². The van der Waals surface area contributed by atoms with Crippen molar-refractivity contribution in [2.75, 3.05) is 0 Å². The van der Waals surface area contributed by atoms with Gasteiger partial charge >= 0.3 is 0 Å². The first-order chi connectivity index (χ1) is 6.27. The number of Topliss-reactive ketones (excluding diaryl/α,β-unsaturated/α-hetero) is 1. The zero-order chi connectivity index (χ0) is 9.68. The summed E-state index contributed by atoms with van der Waals surface area (Å²) in [6, 6.07) is 1.87. The molecule has 1 aromatic rings. The molecule has 0 aliphatic heterocycles. The van der Waals surface area contributed by atoms with E-state index in [1.807, 2.05) is 43.0 Å². The van der Waals surface area contributed by atoms with Gasteiger partial charge in [0.05, 0.1) is 0 Å². The maximum Gasteiger partial charge on any atom is 0.164 e. The molecule has 1 rings (SSSR count). The molecule has 0 aliphatic carbocycles. The van der Waals surface area contributed by atoms with Gasteiger partial charge in [-0.2, -0.15) is 0 Å². The first-order valence-corrected chi connectivity index (χ1v) is 4.58. The molecule has 70 valence electrons. The van der Waals surface area contributed by atoms with Gasteiger partial charge in [0.1, 0.15) is 0 Å². The van der Waals surface area contributed by atoms with Gasteiger partial charge in [-0.1, -0.05) is 19.1 Å². The highest BCUT2D eigenvalue weighted by molar-refractivity contribution is 5.95. The molecule has 1 heterocycles. The lowest BCUT2D eigenvalue weighted by Gasteiger charge is -1.95. The Hall–Kier alpha value is -1.31. The van der Waals surface area contributed by atoms with E-state index in [0.29, 0.717) is 6.42 Å². The van der Waals surface area contributed by atoms with E-state index < -0.39 is 0 Å². The molecular formula is C11H15NO. The number of nitrogens with zero attached hydrogens (tertiary/aromatic N) is 1. The lowest BCUT2D eigenvalue weighted by atomic mass is 10.2. The fraction of sp³-hybridized carbons (Fsp3) is 0.364. The van der Waals surface area contributed by atoms with Crippen LogP contribution in [0.25, 0.3) is 0 Å². The van der Waals surface area contributed by atoms with E-state index in [9.17, 15) is 4.79 Å². The number of hydrogen-bond acceptors (Lipinski definition) is 1. The van der Waals surface area contributed by atoms with Gasteiger partial charge in [-0.15, -0.1) is 0 Å². The molecule has 0 spiro atoms. The molecule has 2 nitrogen and oxygen atoms in total. The van der Waals surface area contributed by atoms with Crippen LogP contribution in [-0.2, 0) is 6.54 Å². The van der Waals surface area contributed by atoms with Crippen molar-refractivity contribution in [1.82, 2.24) is 4.57 Å². The average Bonchev–Trinajstić information content (AvgIpc) is 2.62. The third-order valence-corrected chi connectivity index (χ3v) is 1.95. The van der Waals surface area contributed by atoms with Crippen LogP contribution in [0.3, 0.4) is 0 Å². The maximum atomic E-state index is 11.3. The highest BCUT2D eigenvalue weighted by Gasteiger charge is 2.03. The molecule has 0 amide bonds. The van der Waals surface area contributed by atoms with Gasteiger partial charge in [0.15, 0.2) is 5.78 Å². The van der Waals surface area contributed by atoms with Crippen molar-refractivity contribution in [1.29, 1.82) is 0 Å². The van der Waals surface area contributed by atoms with Crippen molar-refractivity contribution in [3.8, 4) is 0 Å². The summed E-state index contributed by atoms with van der Waals surface area (Å²) in [6.45, 7) is 4.71. The Balaban J connectivity index is 2.68. The first-order valence-electron chi connectivity index (χ1n) is 4.58. The van der Waals surface area contributed by atoms with Gasteiger partial charge in [-0.05, 0) is 13.0 Å². The van der Waals surface area contributed by atoms with E-state index in [-0.39, 0.29) is 5.78 Å². The third-order valence-electron chi connectivity index (χ3n) is 1.95. The third kappa shape index (κ3) is 2.58. The molecule has 0 radical (unpaired) electrons. The average molecular weight is 177 g/mol. The minimum Gasteiger partial charge on any atom is -0.350 e. The number of rotatable bonds is 4. The normalized spacial score (nSPS) is 10.9. The molecule has 2 heteroatoms. The lowest BCUT2D eigenvalue weighted by Crippen LogP contribution is -1.95. The number of ketones is 1. The van der Waals surface area contributed by atoms with Gasteiger partial charge in [-0.3, -0.25) is 4.79 Å². The van der Waals surface area contributed by atoms with Crippen LogP contribution in [0.2, 0.25) is 0 Å². The Kier molecular flexibility index (Phi) is 3.50. The molecular weight excluding hydrogens is 162 g/mol. The van der Waals surface area contributed by atoms with E-state index >= 15 is 0 Å². The zero-order valence-corrected chi connectivity index (χ0v) is 8.16. The molecule has 13 heavy (non-hydrogen) atoms. The molecule has 0 aromatic carbocycles. The maximum absolute atomic E-state index is 11.3. The molecule has 0 saturated carbocycles. The van der Waals surface area contributed by atoms with Gasteiger partial charge in [0.2, 0.25) is 0 Å². The van der Waals surface area contributed by atoms with Gasteiger partial charge in [0.25, 0.3) is 0 Å². The van der Waals surface area contributed by atoms with Crippen molar-refractivity contribution >= 4 is 5.78 Å². The number of aromatic nitrogens is 1. The van der Waals surface area contributed by atoms with E-state index in [2.05, 4.69) is 6.08 Å². The summed E-state index contributed by atoms with van der Waals surface area (Å²) in [7, 11) is 0. The summed E-state index contributed by atoms with van der Waals surface area (Å²) in [5.74, 6) is 0.208. The summed E-state index contributed by atoms with van der Waals surface area (Å²) >= 11 is 0. The van der Waals surface area contributed by atoms with E-state index in [1.54, 1.807) is 0 Å². The molecule has 0 aliphatic rings. The van der Waals surface area contributed by atoms with Crippen LogP contribution in [-0.4, -0.2) is 10.4 Å². The van der Waals surface area contributed by atoms with Crippen LogP contribution in [0.5, 0.6) is 0 Å². The molecule has 0 fully saturated rings. The van der Waals surface area contributed by atoms with Gasteiger partial charge in [0, 0.05) is 30.9 Å². The summed E-state index contributed by atoms with van der Waals surface area (Å²) < 4.78 is 2.00. The SMILES string of the molecule is CC=CCn1ccc(C(=O)CC)c1. The number of carbonyl (C=O) groups excluding carboxylic acids is 1. The Morgan fingerprint density at radius 3 is 3.00 bits per heavy atom. The standard InChI is InChI=1S/C11H15NO/c1-3-5-7-12-8-6-10(9-12)11(13)4-2/h3,5-6,8-9H,4,7H2,1-2H3. The van der Waals surface area contributed by atoms with Crippen LogP contribution in [0.15, 0.2) is 30.6 Å². The second-order valence-electron chi connectivity index (χ2n) is 2.94. The minimum atomic E-state index is 0.208. The number of hydrogen-bond donors (Lipinski definition) is 0. The Labute approximate surface area is 78.9 Å². The molecule has 0 saturated heterocycles. The molecule has 1 aromatic heterocycles. The van der Waals surface area contributed by atoms with Gasteiger partial charge < -0.3 is 4.57 Å². The van der Waals surface area contributed by atoms with Crippen LogP contribution >= 0.6 is 0 Å². The summed E-state index contributed by atoms with van der Waals surface area (Å²) in [5.41, 5.74) is 0.812. The van der Waals surface area contributed by atoms with Crippen LogP contribution in [0, 0.1) is 0 Å². The molecule has 0 bridgehead atoms.